The lowest BCUT2D eigenvalue weighted by atomic mass is 9.88. The Kier molecular flexibility index (Phi) is 1.66. The molecular weight excluding hydrogens is 166 g/mol. The van der Waals surface area contributed by atoms with Gasteiger partial charge in [0.15, 0.2) is 6.29 Å². The molecule has 0 aromatic heterocycles. The molecule has 3 fully saturated rings. The molecule has 0 amide bonds. The van der Waals surface area contributed by atoms with Gasteiger partial charge in [-0.3, -0.25) is 0 Å². The molecule has 5 N–H and O–H groups in total. The minimum atomic E-state index is -1.44. The van der Waals surface area contributed by atoms with Crippen molar-refractivity contribution in [2.24, 2.45) is 5.73 Å². The molecule has 3 heterocycles. The summed E-state index contributed by atoms with van der Waals surface area (Å²) >= 11 is 0. The lowest BCUT2D eigenvalue weighted by molar-refractivity contribution is -0.479. The van der Waals surface area contributed by atoms with Crippen LogP contribution < -0.4 is 5.73 Å². The molecule has 0 radical (unpaired) electrons. The van der Waals surface area contributed by atoms with Gasteiger partial charge in [0.1, 0.15) is 18.8 Å². The Morgan fingerprint density at radius 1 is 1.33 bits per heavy atom. The molecule has 2 bridgehead atoms. The van der Waals surface area contributed by atoms with Gasteiger partial charge in [0.2, 0.25) is 5.79 Å². The van der Waals surface area contributed by atoms with E-state index < -0.39 is 36.9 Å². The topological polar surface area (TPSA) is 105 Å². The Balaban J connectivity index is 2.15. The monoisotopic (exact) mass is 177 g/mol. The summed E-state index contributed by atoms with van der Waals surface area (Å²) in [6.45, 7) is -0.492. The van der Waals surface area contributed by atoms with Crippen LogP contribution in [0.25, 0.3) is 0 Å². The summed E-state index contributed by atoms with van der Waals surface area (Å²) in [5, 5.41) is 27.3. The van der Waals surface area contributed by atoms with Crippen molar-refractivity contribution in [3.8, 4) is 0 Å². The number of aliphatic hydroxyl groups excluding tert-OH is 3. The number of hydrogen-bond acceptors (Lipinski definition) is 6. The summed E-state index contributed by atoms with van der Waals surface area (Å²) in [5.74, 6) is -1.44. The average molecular weight is 177 g/mol. The second-order valence-electron chi connectivity index (χ2n) is 3.08. The van der Waals surface area contributed by atoms with E-state index >= 15 is 0 Å². The van der Waals surface area contributed by atoms with E-state index in [-0.39, 0.29) is 0 Å². The largest absolute Gasteiger partial charge is 0.391 e. The fourth-order valence-corrected chi connectivity index (χ4v) is 1.54. The summed E-state index contributed by atoms with van der Waals surface area (Å²) in [6.07, 6.45) is -2.78. The molecule has 0 aromatic rings. The van der Waals surface area contributed by atoms with Gasteiger partial charge in [-0.1, -0.05) is 0 Å². The third-order valence-corrected chi connectivity index (χ3v) is 2.35. The zero-order chi connectivity index (χ0) is 8.93. The molecule has 3 rings (SSSR count). The van der Waals surface area contributed by atoms with Crippen molar-refractivity contribution in [3.63, 3.8) is 0 Å². The highest BCUT2D eigenvalue weighted by Gasteiger charge is 2.64. The first kappa shape index (κ1) is 8.36. The van der Waals surface area contributed by atoms with Crippen molar-refractivity contribution in [3.05, 3.63) is 0 Å². The van der Waals surface area contributed by atoms with Crippen LogP contribution >= 0.6 is 0 Å². The standard InChI is InChI=1S/C6H11NO5/c7-2-3-4(9)6(1-8,11-3)12-5(2)10/h2-5,8-10H,1,7H2. The molecule has 5 atom stereocenters. The highest BCUT2D eigenvalue weighted by Crippen LogP contribution is 2.41. The number of hydrogen-bond donors (Lipinski definition) is 4. The van der Waals surface area contributed by atoms with Gasteiger partial charge in [-0.2, -0.15) is 0 Å². The molecule has 3 aliphatic rings. The van der Waals surface area contributed by atoms with Crippen LogP contribution in [0.1, 0.15) is 0 Å². The van der Waals surface area contributed by atoms with E-state index in [9.17, 15) is 5.11 Å². The summed E-state index contributed by atoms with van der Waals surface area (Å²) < 4.78 is 9.82. The summed E-state index contributed by atoms with van der Waals surface area (Å²) in [7, 11) is 0. The Morgan fingerprint density at radius 3 is 2.50 bits per heavy atom. The lowest BCUT2D eigenvalue weighted by Crippen LogP contribution is -2.79. The lowest BCUT2D eigenvalue weighted by Gasteiger charge is -2.58. The maximum Gasteiger partial charge on any atom is 0.223 e. The van der Waals surface area contributed by atoms with E-state index in [1.807, 2.05) is 0 Å². The van der Waals surface area contributed by atoms with Gasteiger partial charge in [-0.25, -0.2) is 0 Å². The number of fused-ring (bicyclic) bond motifs is 2. The van der Waals surface area contributed by atoms with E-state index in [2.05, 4.69) is 0 Å². The molecule has 0 aliphatic carbocycles. The maximum atomic E-state index is 9.37. The number of ether oxygens (including phenoxy) is 2. The Hall–Kier alpha value is -0.240. The van der Waals surface area contributed by atoms with E-state index in [0.717, 1.165) is 0 Å². The van der Waals surface area contributed by atoms with Crippen molar-refractivity contribution in [2.45, 2.75) is 30.3 Å². The SMILES string of the molecule is NC1C(O)OC2(CO)OC1C2O. The fourth-order valence-electron chi connectivity index (χ4n) is 1.54. The van der Waals surface area contributed by atoms with Gasteiger partial charge in [0.05, 0.1) is 6.04 Å². The predicted molar refractivity (Wildman–Crippen MR) is 35.8 cm³/mol. The average Bonchev–Trinajstić information content (AvgIpc) is 2.07. The van der Waals surface area contributed by atoms with Crippen LogP contribution in [0.2, 0.25) is 0 Å². The summed E-state index contributed by atoms with van der Waals surface area (Å²) in [6, 6.07) is -0.756. The quantitative estimate of drug-likeness (QED) is 0.342. The van der Waals surface area contributed by atoms with Crippen LogP contribution in [0.5, 0.6) is 0 Å². The summed E-state index contributed by atoms with van der Waals surface area (Å²) in [4.78, 5) is 0. The van der Waals surface area contributed by atoms with Gasteiger partial charge < -0.3 is 30.5 Å². The van der Waals surface area contributed by atoms with E-state index in [1.54, 1.807) is 0 Å². The van der Waals surface area contributed by atoms with E-state index in [1.165, 1.54) is 0 Å². The molecule has 0 spiro atoms. The van der Waals surface area contributed by atoms with Crippen molar-refractivity contribution in [1.82, 2.24) is 0 Å². The molecule has 0 saturated carbocycles. The van der Waals surface area contributed by atoms with Crippen molar-refractivity contribution in [2.75, 3.05) is 6.61 Å². The van der Waals surface area contributed by atoms with Crippen LogP contribution in [0.4, 0.5) is 0 Å². The Morgan fingerprint density at radius 2 is 2.00 bits per heavy atom. The molecule has 5 unspecified atom stereocenters. The number of aliphatic hydroxyl groups is 3. The van der Waals surface area contributed by atoms with Gasteiger partial charge in [-0.15, -0.1) is 0 Å². The zero-order valence-electron chi connectivity index (χ0n) is 6.25. The van der Waals surface area contributed by atoms with Gasteiger partial charge >= 0.3 is 0 Å². The van der Waals surface area contributed by atoms with Gasteiger partial charge in [0.25, 0.3) is 0 Å². The highest BCUT2D eigenvalue weighted by atomic mass is 16.8. The Labute approximate surface area is 68.5 Å². The number of nitrogens with two attached hydrogens (primary N) is 1. The summed E-state index contributed by atoms with van der Waals surface area (Å²) in [5.41, 5.74) is 5.42. The normalized spacial score (nSPS) is 58.0. The second kappa shape index (κ2) is 2.38. The molecule has 12 heavy (non-hydrogen) atoms. The van der Waals surface area contributed by atoms with Gasteiger partial charge in [0, 0.05) is 0 Å². The molecule has 3 saturated heterocycles. The Bertz CT molecular complexity index is 200. The zero-order valence-corrected chi connectivity index (χ0v) is 6.25. The third kappa shape index (κ3) is 0.792. The van der Waals surface area contributed by atoms with Crippen LogP contribution in [-0.2, 0) is 9.47 Å². The highest BCUT2D eigenvalue weighted by molar-refractivity contribution is 5.05. The second-order valence-corrected chi connectivity index (χ2v) is 3.08. The molecule has 6 heteroatoms. The first-order valence-electron chi connectivity index (χ1n) is 3.69. The smallest absolute Gasteiger partial charge is 0.223 e. The molecule has 70 valence electrons. The van der Waals surface area contributed by atoms with Crippen LogP contribution in [0.15, 0.2) is 0 Å². The predicted octanol–water partition coefficient (Wildman–Crippen LogP) is -2.89. The van der Waals surface area contributed by atoms with Crippen molar-refractivity contribution >= 4 is 0 Å². The minimum Gasteiger partial charge on any atom is -0.391 e. The maximum absolute atomic E-state index is 9.37. The van der Waals surface area contributed by atoms with Crippen LogP contribution in [0.3, 0.4) is 0 Å². The van der Waals surface area contributed by atoms with Crippen molar-refractivity contribution in [1.29, 1.82) is 0 Å². The minimum absolute atomic E-state index is 0.492. The van der Waals surface area contributed by atoms with Crippen LogP contribution in [0, 0.1) is 0 Å². The molecule has 0 aromatic carbocycles. The molecule has 3 aliphatic heterocycles. The van der Waals surface area contributed by atoms with E-state index in [4.69, 9.17) is 25.4 Å². The third-order valence-electron chi connectivity index (χ3n) is 2.35. The molecule has 6 nitrogen and oxygen atoms in total. The van der Waals surface area contributed by atoms with E-state index in [0.29, 0.717) is 0 Å². The first-order valence-corrected chi connectivity index (χ1v) is 3.69. The molecular formula is C6H11NO5. The first-order chi connectivity index (χ1) is 5.60. The number of rotatable bonds is 1. The fraction of sp³-hybridized carbons (Fsp3) is 1.00. The van der Waals surface area contributed by atoms with Crippen LogP contribution in [-0.4, -0.2) is 52.3 Å². The van der Waals surface area contributed by atoms with Crippen molar-refractivity contribution < 1.29 is 24.8 Å². The van der Waals surface area contributed by atoms with Gasteiger partial charge in [-0.05, 0) is 0 Å².